The Morgan fingerprint density at radius 2 is 2.29 bits per heavy atom. The third-order valence-corrected chi connectivity index (χ3v) is 3.73. The number of furan rings is 1. The summed E-state index contributed by atoms with van der Waals surface area (Å²) in [7, 11) is 0. The van der Waals surface area contributed by atoms with Crippen LogP contribution in [0.2, 0.25) is 0 Å². The Balaban J connectivity index is 2.10. The predicted molar refractivity (Wildman–Crippen MR) is 66.7 cm³/mol. The summed E-state index contributed by atoms with van der Waals surface area (Å²) in [6, 6.07) is 8.05. The Kier molecular flexibility index (Phi) is 2.28. The zero-order valence-corrected chi connectivity index (χ0v) is 9.94. The molecule has 90 valence electrons. The quantitative estimate of drug-likeness (QED) is 0.792. The number of para-hydroxylation sites is 1. The molecule has 3 nitrogen and oxygen atoms in total. The number of aryl methyl sites for hydroxylation is 1. The van der Waals surface area contributed by atoms with E-state index in [9.17, 15) is 5.11 Å². The summed E-state index contributed by atoms with van der Waals surface area (Å²) in [4.78, 5) is 0. The summed E-state index contributed by atoms with van der Waals surface area (Å²) in [5.74, 6) is 0.662. The molecule has 3 heteroatoms. The van der Waals surface area contributed by atoms with Crippen LogP contribution in [0.5, 0.6) is 0 Å². The predicted octanol–water partition coefficient (Wildman–Crippen LogP) is 2.44. The van der Waals surface area contributed by atoms with E-state index in [1.54, 1.807) is 0 Å². The lowest BCUT2D eigenvalue weighted by Gasteiger charge is -2.19. The number of benzene rings is 1. The lowest BCUT2D eigenvalue weighted by Crippen LogP contribution is -2.24. The van der Waals surface area contributed by atoms with Gasteiger partial charge in [-0.2, -0.15) is 0 Å². The van der Waals surface area contributed by atoms with Gasteiger partial charge in [0.05, 0.1) is 0 Å². The highest BCUT2D eigenvalue weighted by Crippen LogP contribution is 2.40. The molecule has 0 radical (unpaired) electrons. The maximum absolute atomic E-state index is 10.6. The third-order valence-electron chi connectivity index (χ3n) is 3.73. The third kappa shape index (κ3) is 1.66. The van der Waals surface area contributed by atoms with E-state index in [-0.39, 0.29) is 6.04 Å². The fourth-order valence-corrected chi connectivity index (χ4v) is 2.72. The van der Waals surface area contributed by atoms with Crippen LogP contribution in [0.1, 0.15) is 30.6 Å². The van der Waals surface area contributed by atoms with Crippen molar-refractivity contribution in [2.45, 2.75) is 37.8 Å². The van der Waals surface area contributed by atoms with Gasteiger partial charge in [0.2, 0.25) is 0 Å². The average Bonchev–Trinajstić information content (AvgIpc) is 2.85. The van der Waals surface area contributed by atoms with Crippen molar-refractivity contribution in [1.82, 2.24) is 0 Å². The molecule has 0 aliphatic heterocycles. The fraction of sp³-hybridized carbons (Fsp3) is 0.429. The van der Waals surface area contributed by atoms with Crippen LogP contribution in [0.3, 0.4) is 0 Å². The highest BCUT2D eigenvalue weighted by atomic mass is 16.4. The van der Waals surface area contributed by atoms with Crippen molar-refractivity contribution in [2.75, 3.05) is 0 Å². The van der Waals surface area contributed by atoms with Crippen molar-refractivity contribution in [2.24, 2.45) is 5.73 Å². The molecule has 0 bridgehead atoms. The van der Waals surface area contributed by atoms with Crippen LogP contribution in [-0.2, 0) is 5.60 Å². The Hall–Kier alpha value is -1.32. The van der Waals surface area contributed by atoms with E-state index in [0.29, 0.717) is 18.6 Å². The minimum Gasteiger partial charge on any atom is -0.458 e. The first-order valence-corrected chi connectivity index (χ1v) is 6.06. The van der Waals surface area contributed by atoms with E-state index in [4.69, 9.17) is 10.2 Å². The molecule has 2 unspecified atom stereocenters. The van der Waals surface area contributed by atoms with Gasteiger partial charge in [0.1, 0.15) is 16.9 Å². The number of hydrogen-bond acceptors (Lipinski definition) is 3. The van der Waals surface area contributed by atoms with Crippen LogP contribution >= 0.6 is 0 Å². The smallest absolute Gasteiger partial charge is 0.137 e. The van der Waals surface area contributed by atoms with Crippen molar-refractivity contribution < 1.29 is 9.52 Å². The molecule has 17 heavy (non-hydrogen) atoms. The second-order valence-electron chi connectivity index (χ2n) is 5.14. The van der Waals surface area contributed by atoms with Gasteiger partial charge in [0.15, 0.2) is 0 Å². The van der Waals surface area contributed by atoms with Gasteiger partial charge in [0.25, 0.3) is 0 Å². The van der Waals surface area contributed by atoms with Crippen LogP contribution in [0.25, 0.3) is 11.0 Å². The molecule has 1 aromatic carbocycles. The average molecular weight is 231 g/mol. The van der Waals surface area contributed by atoms with Crippen molar-refractivity contribution in [3.8, 4) is 0 Å². The Labute approximate surface area is 100 Å². The maximum Gasteiger partial charge on any atom is 0.137 e. The van der Waals surface area contributed by atoms with Crippen molar-refractivity contribution in [1.29, 1.82) is 0 Å². The van der Waals surface area contributed by atoms with Crippen molar-refractivity contribution in [3.63, 3.8) is 0 Å². The standard InChI is InChI=1S/C14H17NO2/c1-9-3-2-4-10-7-12(17-13(9)10)14(16)6-5-11(15)8-14/h2-4,7,11,16H,5-6,8,15H2,1H3. The summed E-state index contributed by atoms with van der Waals surface area (Å²) in [5, 5.41) is 11.6. The van der Waals surface area contributed by atoms with Gasteiger partial charge >= 0.3 is 0 Å². The summed E-state index contributed by atoms with van der Waals surface area (Å²) < 4.78 is 5.83. The lowest BCUT2D eigenvalue weighted by atomic mass is 9.98. The number of fused-ring (bicyclic) bond motifs is 1. The van der Waals surface area contributed by atoms with Crippen LogP contribution in [0.4, 0.5) is 0 Å². The molecule has 1 aromatic heterocycles. The van der Waals surface area contributed by atoms with Gasteiger partial charge in [-0.25, -0.2) is 0 Å². The second kappa shape index (κ2) is 3.59. The normalized spacial score (nSPS) is 29.0. The van der Waals surface area contributed by atoms with E-state index in [0.717, 1.165) is 23.0 Å². The van der Waals surface area contributed by atoms with E-state index in [1.807, 2.05) is 31.2 Å². The summed E-state index contributed by atoms with van der Waals surface area (Å²) in [6.07, 6.45) is 2.13. The fourth-order valence-electron chi connectivity index (χ4n) is 2.72. The molecule has 1 heterocycles. The molecule has 1 saturated carbocycles. The summed E-state index contributed by atoms with van der Waals surface area (Å²) >= 11 is 0. The second-order valence-corrected chi connectivity index (χ2v) is 5.14. The highest BCUT2D eigenvalue weighted by molar-refractivity contribution is 5.81. The van der Waals surface area contributed by atoms with Crippen LogP contribution in [-0.4, -0.2) is 11.1 Å². The number of rotatable bonds is 1. The van der Waals surface area contributed by atoms with Crippen molar-refractivity contribution >= 4 is 11.0 Å². The monoisotopic (exact) mass is 231 g/mol. The van der Waals surface area contributed by atoms with Crippen LogP contribution in [0.15, 0.2) is 28.7 Å². The van der Waals surface area contributed by atoms with Crippen LogP contribution in [0, 0.1) is 6.92 Å². The molecule has 2 aromatic rings. The Morgan fingerprint density at radius 3 is 2.94 bits per heavy atom. The van der Waals surface area contributed by atoms with Gasteiger partial charge in [-0.15, -0.1) is 0 Å². The maximum atomic E-state index is 10.6. The van der Waals surface area contributed by atoms with Gasteiger partial charge in [0, 0.05) is 11.4 Å². The summed E-state index contributed by atoms with van der Waals surface area (Å²) in [6.45, 7) is 2.01. The molecule has 2 atom stereocenters. The first-order valence-electron chi connectivity index (χ1n) is 6.06. The number of nitrogens with two attached hydrogens (primary N) is 1. The first-order chi connectivity index (χ1) is 8.08. The van der Waals surface area contributed by atoms with E-state index < -0.39 is 5.60 Å². The molecule has 0 saturated heterocycles. The molecule has 3 rings (SSSR count). The van der Waals surface area contributed by atoms with E-state index >= 15 is 0 Å². The topological polar surface area (TPSA) is 59.4 Å². The largest absolute Gasteiger partial charge is 0.458 e. The zero-order valence-electron chi connectivity index (χ0n) is 9.94. The molecule has 0 amide bonds. The molecule has 3 N–H and O–H groups in total. The molecule has 1 aliphatic rings. The number of hydrogen-bond donors (Lipinski definition) is 2. The molecule has 0 spiro atoms. The van der Waals surface area contributed by atoms with Gasteiger partial charge in [-0.05, 0) is 37.8 Å². The van der Waals surface area contributed by atoms with Gasteiger partial charge in [-0.1, -0.05) is 18.2 Å². The van der Waals surface area contributed by atoms with Gasteiger partial charge < -0.3 is 15.3 Å². The lowest BCUT2D eigenvalue weighted by molar-refractivity contribution is 0.0222. The van der Waals surface area contributed by atoms with E-state index in [1.165, 1.54) is 0 Å². The van der Waals surface area contributed by atoms with Crippen LogP contribution < -0.4 is 5.73 Å². The Morgan fingerprint density at radius 1 is 1.47 bits per heavy atom. The molecule has 1 aliphatic carbocycles. The highest BCUT2D eigenvalue weighted by Gasteiger charge is 2.40. The molecule has 1 fully saturated rings. The zero-order chi connectivity index (χ0) is 12.0. The first kappa shape index (κ1) is 10.8. The molecular formula is C14H17NO2. The summed E-state index contributed by atoms with van der Waals surface area (Å²) in [5.41, 5.74) is 6.97. The Bertz CT molecular complexity index is 560. The molecular weight excluding hydrogens is 214 g/mol. The minimum atomic E-state index is -0.870. The van der Waals surface area contributed by atoms with Crippen molar-refractivity contribution in [3.05, 3.63) is 35.6 Å². The van der Waals surface area contributed by atoms with Gasteiger partial charge in [-0.3, -0.25) is 0 Å². The SMILES string of the molecule is Cc1cccc2cc(C3(O)CCC(N)C3)oc12. The minimum absolute atomic E-state index is 0.0781. The van der Waals surface area contributed by atoms with E-state index in [2.05, 4.69) is 0 Å². The number of aliphatic hydroxyl groups is 1.